The second kappa shape index (κ2) is 29.0. The topological polar surface area (TPSA) is 166 Å². The quantitative estimate of drug-likeness (QED) is 0.132. The first-order valence-electron chi connectivity index (χ1n) is 41.4. The standard InChI is InChI=1S/C52H56B2N2O4.C46H36N8.C3H2ClN3/c1-47(2)37-21-13-17-25-41(37)55(42-26-18-14-22-38(42)47)45-31-33(53-57-49(5,6)50(7,8)58-53)30-36-35(45)29-34(54-59-51(9,10)52(11,12)60-54)32-46(36)56-43-27-19-15-23-39(43)48(3,4)40-24-16-20-28-44(40)56;1-45(2)33-13-5-9-17-37(33)53(38-18-10-6-14-34(38)45)41-23-29(43-49-25-47-26-50-43)22-32-31(41)21-30(44-51-27-48-28-52-44)24-42(32)54-39-19-11-7-15-35(39)46(3,4)36-16-8-12-20-40(36)54;4-3-6-1-5-2-7-3/h13-32H,1-12H3;5-28H,1-4H3;1-2H. The highest BCUT2D eigenvalue weighted by molar-refractivity contribution is 6.64. The zero-order valence-corrected chi connectivity index (χ0v) is 71.8. The molecule has 0 spiro atoms. The van der Waals surface area contributed by atoms with Gasteiger partial charge in [-0.2, -0.15) is 0 Å². The van der Waals surface area contributed by atoms with Crippen LogP contribution >= 0.6 is 11.6 Å². The molecule has 0 amide bonds. The van der Waals surface area contributed by atoms with Gasteiger partial charge in [-0.15, -0.1) is 0 Å². The van der Waals surface area contributed by atoms with Gasteiger partial charge in [-0.1, -0.05) is 213 Å². The first-order chi connectivity index (χ1) is 57.9. The minimum Gasteiger partial charge on any atom is -0.399 e. The fourth-order valence-corrected chi connectivity index (χ4v) is 18.9. The molecular weight excluding hydrogens is 1520 g/mol. The molecule has 20 heteroatoms. The van der Waals surface area contributed by atoms with Crippen molar-refractivity contribution in [3.8, 4) is 22.8 Å². The van der Waals surface area contributed by atoms with Gasteiger partial charge >= 0.3 is 14.2 Å². The van der Waals surface area contributed by atoms with Crippen molar-refractivity contribution in [1.82, 2.24) is 44.9 Å². The zero-order chi connectivity index (χ0) is 84.1. The zero-order valence-electron chi connectivity index (χ0n) is 71.0. The van der Waals surface area contributed by atoms with E-state index in [1.807, 2.05) is 0 Å². The van der Waals surface area contributed by atoms with Crippen molar-refractivity contribution in [2.75, 3.05) is 19.6 Å². The van der Waals surface area contributed by atoms with Crippen molar-refractivity contribution in [2.45, 2.75) is 155 Å². The summed E-state index contributed by atoms with van der Waals surface area (Å²) in [5, 5.41) is 4.44. The van der Waals surface area contributed by atoms with Crippen LogP contribution in [-0.4, -0.2) is 81.5 Å². The van der Waals surface area contributed by atoms with E-state index < -0.39 is 36.6 Å². The molecule has 21 rings (SSSR count). The van der Waals surface area contributed by atoms with Crippen LogP contribution < -0.4 is 30.5 Å². The van der Waals surface area contributed by atoms with E-state index in [1.54, 1.807) is 25.3 Å². The van der Waals surface area contributed by atoms with Crippen molar-refractivity contribution in [3.63, 3.8) is 0 Å². The molecule has 0 saturated carbocycles. The van der Waals surface area contributed by atoms with E-state index in [1.165, 1.54) is 57.2 Å². The number of para-hydroxylation sites is 8. The largest absolute Gasteiger partial charge is 0.494 e. The van der Waals surface area contributed by atoms with E-state index in [0.717, 1.165) is 112 Å². The molecule has 2 saturated heterocycles. The minimum atomic E-state index is -0.597. The van der Waals surface area contributed by atoms with Crippen molar-refractivity contribution < 1.29 is 18.6 Å². The summed E-state index contributed by atoms with van der Waals surface area (Å²) >= 11 is 5.28. The Labute approximate surface area is 713 Å². The number of fused-ring (bicyclic) bond motifs is 10. The van der Waals surface area contributed by atoms with Crippen LogP contribution in [0.1, 0.15) is 155 Å². The molecule has 2 fully saturated rings. The highest BCUT2D eigenvalue weighted by Gasteiger charge is 2.55. The van der Waals surface area contributed by atoms with Gasteiger partial charge in [0.15, 0.2) is 11.6 Å². The number of benzene rings is 12. The van der Waals surface area contributed by atoms with Gasteiger partial charge in [-0.05, 0) is 207 Å². The minimum absolute atomic E-state index is 0.222. The van der Waals surface area contributed by atoms with Gasteiger partial charge in [-0.3, -0.25) is 0 Å². The Kier molecular flexibility index (Phi) is 18.8. The average Bonchev–Trinajstić information content (AvgIpc) is 1.11. The van der Waals surface area contributed by atoms with Crippen LogP contribution in [0, 0.1) is 0 Å². The van der Waals surface area contributed by atoms with Gasteiger partial charge in [0, 0.05) is 54.3 Å². The van der Waals surface area contributed by atoms with Crippen LogP contribution in [0.25, 0.3) is 44.3 Å². The number of aromatic nitrogens is 9. The van der Waals surface area contributed by atoms with Gasteiger partial charge in [0.25, 0.3) is 0 Å². The van der Waals surface area contributed by atoms with E-state index in [-0.39, 0.29) is 26.9 Å². The molecule has 3 aromatic heterocycles. The summed E-state index contributed by atoms with van der Waals surface area (Å²) < 4.78 is 27.6. The fourth-order valence-electron chi connectivity index (χ4n) is 18.8. The van der Waals surface area contributed by atoms with E-state index in [4.69, 9.17) is 30.2 Å². The maximum absolute atomic E-state index is 6.90. The summed E-state index contributed by atoms with van der Waals surface area (Å²) in [5.74, 6) is 1.19. The maximum atomic E-state index is 6.90. The smallest absolute Gasteiger partial charge is 0.399 e. The molecule has 0 aliphatic carbocycles. The van der Waals surface area contributed by atoms with E-state index in [0.29, 0.717) is 11.6 Å². The molecule has 0 unspecified atom stereocenters. The molecular formula is C101H94B2ClN13O4. The Morgan fingerprint density at radius 3 is 0.653 bits per heavy atom. The van der Waals surface area contributed by atoms with Crippen molar-refractivity contribution in [2.24, 2.45) is 0 Å². The third-order valence-electron chi connectivity index (χ3n) is 26.6. The maximum Gasteiger partial charge on any atom is 0.494 e. The molecule has 600 valence electrons. The number of halogens is 1. The van der Waals surface area contributed by atoms with Crippen molar-refractivity contribution in [1.29, 1.82) is 0 Å². The SMILES string of the molecule is CC1(C)c2ccccc2N(c2cc(-c3ncncn3)cc3c(N4c5ccccc5C(C)(C)c5ccccc54)cc(-c4ncncn4)cc23)c2ccccc21.CC1(C)c2ccccc2N(c2cc(B3OC(C)(C)C(C)(C)O3)cc3c(N4c5ccccc5C(C)(C)c5ccccc54)cc(B4OC(C)(C)C(C)(C)O4)cc23)c2ccccc21.Clc1ncncn1. The predicted octanol–water partition coefficient (Wildman–Crippen LogP) is 22.9. The fraction of sp³-hybridized carbons (Fsp3) is 0.238. The molecule has 15 aromatic rings. The third-order valence-corrected chi connectivity index (χ3v) is 26.8. The van der Waals surface area contributed by atoms with Crippen LogP contribution in [0.15, 0.2) is 281 Å². The lowest BCUT2D eigenvalue weighted by atomic mass is 9.72. The number of nitrogens with zero attached hydrogens (tertiary/aromatic N) is 13. The number of hydrogen-bond donors (Lipinski definition) is 0. The number of hydrogen-bond acceptors (Lipinski definition) is 17. The molecule has 6 aliphatic rings. The van der Waals surface area contributed by atoms with Gasteiger partial charge in [-0.25, -0.2) is 44.9 Å². The molecule has 6 aliphatic heterocycles. The van der Waals surface area contributed by atoms with Crippen LogP contribution in [0.3, 0.4) is 0 Å². The van der Waals surface area contributed by atoms with Crippen molar-refractivity contribution >= 4 is 127 Å². The molecule has 121 heavy (non-hydrogen) atoms. The van der Waals surface area contributed by atoms with E-state index in [2.05, 4.69) is 418 Å². The first-order valence-corrected chi connectivity index (χ1v) is 41.8. The van der Waals surface area contributed by atoms with Gasteiger partial charge in [0.2, 0.25) is 5.28 Å². The Morgan fingerprint density at radius 2 is 0.438 bits per heavy atom. The molecule has 0 bridgehead atoms. The van der Waals surface area contributed by atoms with Crippen LogP contribution in [0.4, 0.5) is 68.2 Å². The predicted molar refractivity (Wildman–Crippen MR) is 489 cm³/mol. The summed E-state index contributed by atoms with van der Waals surface area (Å²) in [6.45, 7) is 35.6. The number of rotatable bonds is 8. The third kappa shape index (κ3) is 12.9. The lowest BCUT2D eigenvalue weighted by molar-refractivity contribution is 0.00578. The van der Waals surface area contributed by atoms with Gasteiger partial charge in [0.1, 0.15) is 38.0 Å². The van der Waals surface area contributed by atoms with Crippen molar-refractivity contribution in [3.05, 3.63) is 330 Å². The molecule has 0 radical (unpaired) electrons. The summed E-state index contributed by atoms with van der Waals surface area (Å²) in [7, 11) is -1.19. The number of anilines is 12. The van der Waals surface area contributed by atoms with E-state index >= 15 is 0 Å². The normalized spacial score (nSPS) is 17.6. The molecule has 17 nitrogen and oxygen atoms in total. The summed E-state index contributed by atoms with van der Waals surface area (Å²) in [4.78, 5) is 47.3. The Morgan fingerprint density at radius 1 is 0.240 bits per heavy atom. The highest BCUT2D eigenvalue weighted by Crippen LogP contribution is 2.60. The Balaban J connectivity index is 0.000000148. The lowest BCUT2D eigenvalue weighted by Crippen LogP contribution is -2.41. The van der Waals surface area contributed by atoms with Crippen LogP contribution in [-0.2, 0) is 40.3 Å². The summed E-state index contributed by atoms with van der Waals surface area (Å²) in [5.41, 5.74) is 23.9. The summed E-state index contributed by atoms with van der Waals surface area (Å²) in [6.07, 6.45) is 8.92. The highest BCUT2D eigenvalue weighted by atomic mass is 35.5. The molecule has 0 N–H and O–H groups in total. The Hall–Kier alpha value is -12.4. The first kappa shape index (κ1) is 78.5. The Bertz CT molecular complexity index is 6000. The second-order valence-corrected chi connectivity index (χ2v) is 36.6. The van der Waals surface area contributed by atoms with E-state index in [9.17, 15) is 0 Å². The van der Waals surface area contributed by atoms with Crippen LogP contribution in [0.2, 0.25) is 5.28 Å². The lowest BCUT2D eigenvalue weighted by Gasteiger charge is -2.43. The molecule has 0 atom stereocenters. The molecule has 9 heterocycles. The van der Waals surface area contributed by atoms with Gasteiger partial charge in [0.05, 0.1) is 90.7 Å². The summed E-state index contributed by atoms with van der Waals surface area (Å²) in [6, 6.07) is 88.5. The molecule has 12 aromatic carbocycles. The monoisotopic (exact) mass is 1610 g/mol. The second-order valence-electron chi connectivity index (χ2n) is 36.2. The average molecular weight is 1610 g/mol. The van der Waals surface area contributed by atoms with Gasteiger partial charge < -0.3 is 38.2 Å². The van der Waals surface area contributed by atoms with Crippen LogP contribution in [0.5, 0.6) is 0 Å².